The van der Waals surface area contributed by atoms with Crippen molar-refractivity contribution in [3.05, 3.63) is 137 Å². The molecule has 0 aliphatic heterocycles. The molecular weight excluding hydrogens is 787 g/mol. The summed E-state index contributed by atoms with van der Waals surface area (Å²) in [6.07, 6.45) is 3.82. The Bertz CT molecular complexity index is 2310. The van der Waals surface area contributed by atoms with Gasteiger partial charge >= 0.3 is 0 Å². The predicted molar refractivity (Wildman–Crippen MR) is 196 cm³/mol. The average molecular weight is 822 g/mol. The summed E-state index contributed by atoms with van der Waals surface area (Å²) in [6.45, 7) is 13.2. The minimum Gasteiger partial charge on any atom is -0.498 e. The summed E-state index contributed by atoms with van der Waals surface area (Å²) in [5, 5.41) is 3.19. The van der Waals surface area contributed by atoms with Crippen molar-refractivity contribution in [3.63, 3.8) is 0 Å². The number of furan rings is 1. The van der Waals surface area contributed by atoms with Gasteiger partial charge in [0, 0.05) is 43.4 Å². The minimum atomic E-state index is -0.0617. The molecule has 4 heterocycles. The van der Waals surface area contributed by atoms with Gasteiger partial charge in [0.1, 0.15) is 11.1 Å². The predicted octanol–water partition coefficient (Wildman–Crippen LogP) is 11.5. The van der Waals surface area contributed by atoms with Gasteiger partial charge in [-0.2, -0.15) is 0 Å². The fraction of sp³-hybridized carbons (Fsp3) is 0.167. The molecule has 4 aromatic heterocycles. The number of aromatic nitrogens is 3. The Balaban J connectivity index is 0.000000260. The van der Waals surface area contributed by atoms with Crippen molar-refractivity contribution in [2.24, 2.45) is 0 Å². The average Bonchev–Trinajstić information content (AvgIpc) is 3.65. The molecule has 0 aliphatic rings. The smallest absolute Gasteiger partial charge is 0.148 e. The first-order valence-electron chi connectivity index (χ1n) is 15.8. The molecule has 0 unspecified atom stereocenters. The van der Waals surface area contributed by atoms with Crippen LogP contribution in [0.1, 0.15) is 42.5 Å². The zero-order valence-electron chi connectivity index (χ0n) is 27.8. The third kappa shape index (κ3) is 6.36. The first-order valence-corrected chi connectivity index (χ1v) is 16.6. The van der Waals surface area contributed by atoms with E-state index in [9.17, 15) is 0 Å². The standard InChI is InChI=1S/C31H27N2OS.C11H8N.Ir/c1-17-9-7-10-18(2)27(17)23-16-32-25(15-24(23)31(4,5)6)22-12-8-11-20-21-13-14-26-28(33-19(3)35-26)30(21)34-29(20)22;1-2-6-10(7-3-1)11-8-4-5-9-12-11;/h7-11,13-16H,1-6H3;1-6,8-9H;/q2*-1;. The molecule has 0 saturated carbocycles. The Labute approximate surface area is 299 Å². The first kappa shape index (κ1) is 33.4. The number of rotatable bonds is 3. The Kier molecular flexibility index (Phi) is 9.44. The molecule has 0 fully saturated rings. The molecule has 8 rings (SSSR count). The van der Waals surface area contributed by atoms with Gasteiger partial charge in [0.15, 0.2) is 0 Å². The maximum Gasteiger partial charge on any atom is 0.148 e. The van der Waals surface area contributed by atoms with Crippen LogP contribution < -0.4 is 0 Å². The minimum absolute atomic E-state index is 0. The van der Waals surface area contributed by atoms with Crippen molar-refractivity contribution < 1.29 is 24.5 Å². The molecule has 241 valence electrons. The van der Waals surface area contributed by atoms with E-state index >= 15 is 0 Å². The van der Waals surface area contributed by atoms with Gasteiger partial charge in [0.2, 0.25) is 0 Å². The van der Waals surface area contributed by atoms with Crippen molar-refractivity contribution in [1.82, 2.24) is 15.0 Å². The second-order valence-corrected chi connectivity index (χ2v) is 14.1. The third-order valence-electron chi connectivity index (χ3n) is 8.43. The summed E-state index contributed by atoms with van der Waals surface area (Å²) in [7, 11) is 0. The zero-order chi connectivity index (χ0) is 32.7. The van der Waals surface area contributed by atoms with E-state index in [1.165, 1.54) is 27.8 Å². The quantitative estimate of drug-likeness (QED) is 0.167. The van der Waals surface area contributed by atoms with E-state index in [4.69, 9.17) is 14.4 Å². The van der Waals surface area contributed by atoms with E-state index in [2.05, 4.69) is 94.2 Å². The number of pyridine rings is 2. The Morgan fingerprint density at radius 2 is 1.50 bits per heavy atom. The van der Waals surface area contributed by atoms with Crippen LogP contribution >= 0.6 is 11.3 Å². The van der Waals surface area contributed by atoms with Gasteiger partial charge in [0.25, 0.3) is 0 Å². The van der Waals surface area contributed by atoms with Crippen molar-refractivity contribution in [1.29, 1.82) is 0 Å². The Morgan fingerprint density at radius 1 is 0.729 bits per heavy atom. The molecule has 4 nitrogen and oxygen atoms in total. The van der Waals surface area contributed by atoms with Crippen molar-refractivity contribution in [2.75, 3.05) is 0 Å². The van der Waals surface area contributed by atoms with Crippen LogP contribution in [0, 0.1) is 32.9 Å². The van der Waals surface area contributed by atoms with Crippen LogP contribution in [-0.4, -0.2) is 15.0 Å². The van der Waals surface area contributed by atoms with Crippen molar-refractivity contribution in [2.45, 2.75) is 47.0 Å². The fourth-order valence-electron chi connectivity index (χ4n) is 6.22. The summed E-state index contributed by atoms with van der Waals surface area (Å²) in [5.41, 5.74) is 12.5. The Morgan fingerprint density at radius 3 is 2.21 bits per heavy atom. The van der Waals surface area contributed by atoms with Gasteiger partial charge in [-0.15, -0.1) is 65.4 Å². The molecule has 0 aliphatic carbocycles. The van der Waals surface area contributed by atoms with Crippen molar-refractivity contribution >= 4 is 43.5 Å². The molecule has 0 spiro atoms. The molecule has 1 radical (unpaired) electrons. The van der Waals surface area contributed by atoms with Gasteiger partial charge < -0.3 is 14.4 Å². The van der Waals surface area contributed by atoms with E-state index < -0.39 is 0 Å². The molecule has 4 aromatic carbocycles. The van der Waals surface area contributed by atoms with Crippen LogP contribution in [-0.2, 0) is 25.5 Å². The van der Waals surface area contributed by atoms with Crippen LogP contribution in [0.15, 0.2) is 108 Å². The maximum atomic E-state index is 6.52. The SMILES string of the molecule is Cc1nc2c(ccc3c4cc[c-]c(-c5cc(C(C)(C)C)c(-c6c(C)cccc6C)cn5)c4oc32)s1.[Ir].[c-]1ccccc1-c1ccccn1. The van der Waals surface area contributed by atoms with E-state index in [-0.39, 0.29) is 25.5 Å². The van der Waals surface area contributed by atoms with Crippen LogP contribution in [0.4, 0.5) is 0 Å². The number of benzene rings is 4. The fourth-order valence-corrected chi connectivity index (χ4v) is 7.04. The molecule has 8 aromatic rings. The number of nitrogens with zero attached hydrogens (tertiary/aromatic N) is 3. The molecule has 0 saturated heterocycles. The largest absolute Gasteiger partial charge is 0.498 e. The van der Waals surface area contributed by atoms with E-state index in [1.54, 1.807) is 17.5 Å². The van der Waals surface area contributed by atoms with E-state index in [0.717, 1.165) is 59.7 Å². The first-order chi connectivity index (χ1) is 22.7. The second kappa shape index (κ2) is 13.6. The summed E-state index contributed by atoms with van der Waals surface area (Å²) in [4.78, 5) is 13.9. The van der Waals surface area contributed by atoms with Gasteiger partial charge in [0.05, 0.1) is 15.3 Å². The maximum absolute atomic E-state index is 6.52. The zero-order valence-corrected chi connectivity index (χ0v) is 31.0. The van der Waals surface area contributed by atoms with Crippen LogP contribution in [0.2, 0.25) is 0 Å². The van der Waals surface area contributed by atoms with Gasteiger partial charge in [-0.3, -0.25) is 0 Å². The molecule has 0 atom stereocenters. The number of thiazole rings is 1. The van der Waals surface area contributed by atoms with Crippen LogP contribution in [0.25, 0.3) is 65.8 Å². The molecular formula is C42H35IrN3OS-2. The van der Waals surface area contributed by atoms with E-state index in [0.29, 0.717) is 0 Å². The molecule has 0 N–H and O–H groups in total. The number of hydrogen-bond donors (Lipinski definition) is 0. The number of aryl methyl sites for hydroxylation is 3. The number of hydrogen-bond acceptors (Lipinski definition) is 5. The molecule has 0 amide bonds. The van der Waals surface area contributed by atoms with Crippen molar-refractivity contribution in [3.8, 4) is 33.6 Å². The summed E-state index contributed by atoms with van der Waals surface area (Å²) in [6, 6.07) is 37.3. The topological polar surface area (TPSA) is 51.8 Å². The monoisotopic (exact) mass is 822 g/mol. The van der Waals surface area contributed by atoms with Gasteiger partial charge in [-0.1, -0.05) is 74.2 Å². The second-order valence-electron chi connectivity index (χ2n) is 12.8. The van der Waals surface area contributed by atoms with Gasteiger partial charge in [-0.25, -0.2) is 4.98 Å². The summed E-state index contributed by atoms with van der Waals surface area (Å²) >= 11 is 1.69. The molecule has 6 heteroatoms. The molecule has 0 bridgehead atoms. The Hall–Kier alpha value is -4.48. The van der Waals surface area contributed by atoms with Gasteiger partial charge in [-0.05, 0) is 72.0 Å². The number of fused-ring (bicyclic) bond motifs is 5. The normalized spacial score (nSPS) is 11.4. The summed E-state index contributed by atoms with van der Waals surface area (Å²) < 4.78 is 7.66. The molecule has 48 heavy (non-hydrogen) atoms. The summed E-state index contributed by atoms with van der Waals surface area (Å²) in [5.74, 6) is 0. The van der Waals surface area contributed by atoms with Crippen LogP contribution in [0.3, 0.4) is 0 Å². The van der Waals surface area contributed by atoms with Crippen LogP contribution in [0.5, 0.6) is 0 Å². The third-order valence-corrected chi connectivity index (χ3v) is 9.37. The van der Waals surface area contributed by atoms with E-state index in [1.807, 2.05) is 61.7 Å².